The fourth-order valence-electron chi connectivity index (χ4n) is 2.00. The summed E-state index contributed by atoms with van der Waals surface area (Å²) in [5.41, 5.74) is 1.72. The topological polar surface area (TPSA) is 58.6 Å². The number of carbonyl (C=O) groups excluding carboxylic acids is 2. The number of nitrogens with zero attached hydrogens (tertiary/aromatic N) is 1. The van der Waals surface area contributed by atoms with E-state index in [0.717, 1.165) is 12.0 Å². The van der Waals surface area contributed by atoms with Crippen molar-refractivity contribution in [2.75, 3.05) is 13.7 Å². The minimum absolute atomic E-state index is 0.126. The molecule has 0 saturated carbocycles. The first-order chi connectivity index (χ1) is 10.1. The third-order valence-electron chi connectivity index (χ3n) is 3.05. The van der Waals surface area contributed by atoms with E-state index in [4.69, 9.17) is 12.2 Å². The maximum Gasteiger partial charge on any atom is 0.337 e. The molecule has 1 fully saturated rings. The number of hydrogen-bond donors (Lipinski definition) is 1. The molecule has 1 aromatic rings. The van der Waals surface area contributed by atoms with E-state index in [1.165, 1.54) is 7.11 Å². The monoisotopic (exact) mass is 304 g/mol. The van der Waals surface area contributed by atoms with Crippen LogP contribution in [0.1, 0.15) is 29.3 Å². The van der Waals surface area contributed by atoms with Crippen LogP contribution >= 0.6 is 12.2 Å². The molecule has 0 spiro atoms. The quantitative estimate of drug-likeness (QED) is 0.523. The summed E-state index contributed by atoms with van der Waals surface area (Å²) >= 11 is 5.14. The highest BCUT2D eigenvalue weighted by atomic mass is 32.1. The summed E-state index contributed by atoms with van der Waals surface area (Å²) < 4.78 is 4.64. The fourth-order valence-corrected chi connectivity index (χ4v) is 2.28. The van der Waals surface area contributed by atoms with E-state index in [0.29, 0.717) is 22.9 Å². The molecule has 21 heavy (non-hydrogen) atoms. The van der Waals surface area contributed by atoms with E-state index >= 15 is 0 Å². The van der Waals surface area contributed by atoms with Gasteiger partial charge in [0.2, 0.25) is 0 Å². The Morgan fingerprint density at radius 1 is 1.38 bits per heavy atom. The van der Waals surface area contributed by atoms with Crippen molar-refractivity contribution in [1.29, 1.82) is 0 Å². The van der Waals surface area contributed by atoms with E-state index in [1.54, 1.807) is 35.2 Å². The van der Waals surface area contributed by atoms with Crippen molar-refractivity contribution in [1.82, 2.24) is 10.2 Å². The second-order valence-electron chi connectivity index (χ2n) is 4.56. The van der Waals surface area contributed by atoms with Crippen molar-refractivity contribution in [2.45, 2.75) is 13.3 Å². The number of carbonyl (C=O) groups is 2. The number of rotatable bonds is 4. The van der Waals surface area contributed by atoms with Crippen LogP contribution < -0.4 is 5.32 Å². The predicted molar refractivity (Wildman–Crippen MR) is 83.5 cm³/mol. The van der Waals surface area contributed by atoms with Gasteiger partial charge in [0.1, 0.15) is 5.70 Å². The summed E-state index contributed by atoms with van der Waals surface area (Å²) in [7, 11) is 1.34. The van der Waals surface area contributed by atoms with E-state index in [-0.39, 0.29) is 11.9 Å². The number of benzene rings is 1. The number of hydrogen-bond acceptors (Lipinski definition) is 4. The first kappa shape index (κ1) is 15.2. The molecular weight excluding hydrogens is 288 g/mol. The van der Waals surface area contributed by atoms with Crippen LogP contribution in [0.15, 0.2) is 30.0 Å². The smallest absolute Gasteiger partial charge is 0.337 e. The highest BCUT2D eigenvalue weighted by molar-refractivity contribution is 7.80. The molecule has 110 valence electrons. The minimum atomic E-state index is -0.389. The molecule has 2 rings (SSSR count). The van der Waals surface area contributed by atoms with Crippen LogP contribution in [0.2, 0.25) is 0 Å². The summed E-state index contributed by atoms with van der Waals surface area (Å²) in [4.78, 5) is 25.1. The SMILES string of the molecule is CCCN1C(=O)C(=Cc2ccc(C(=O)OC)cc2)NC1=S. The summed E-state index contributed by atoms with van der Waals surface area (Å²) in [6.45, 7) is 2.59. The molecule has 1 aromatic carbocycles. The standard InChI is InChI=1S/C15H16N2O3S/c1-3-8-17-13(18)12(16-15(17)21)9-10-4-6-11(7-5-10)14(19)20-2/h4-7,9H,3,8H2,1-2H3,(H,16,21). The Bertz CT molecular complexity index is 608. The summed E-state index contributed by atoms with van der Waals surface area (Å²) in [6, 6.07) is 6.80. The summed E-state index contributed by atoms with van der Waals surface area (Å²) in [5, 5.41) is 3.34. The zero-order valence-corrected chi connectivity index (χ0v) is 12.7. The Morgan fingerprint density at radius 2 is 2.05 bits per heavy atom. The summed E-state index contributed by atoms with van der Waals surface area (Å²) in [6.07, 6.45) is 2.56. The van der Waals surface area contributed by atoms with Crippen molar-refractivity contribution in [3.8, 4) is 0 Å². The molecule has 0 aromatic heterocycles. The average molecular weight is 304 g/mol. The van der Waals surface area contributed by atoms with Gasteiger partial charge in [0, 0.05) is 6.54 Å². The van der Waals surface area contributed by atoms with E-state index < -0.39 is 0 Å². The predicted octanol–water partition coefficient (Wildman–Crippen LogP) is 1.94. The van der Waals surface area contributed by atoms with E-state index in [2.05, 4.69) is 10.1 Å². The lowest BCUT2D eigenvalue weighted by Gasteiger charge is -2.11. The second-order valence-corrected chi connectivity index (χ2v) is 4.95. The highest BCUT2D eigenvalue weighted by Gasteiger charge is 2.29. The molecule has 0 atom stereocenters. The zero-order valence-electron chi connectivity index (χ0n) is 11.9. The van der Waals surface area contributed by atoms with Crippen LogP contribution in [0.3, 0.4) is 0 Å². The van der Waals surface area contributed by atoms with Gasteiger partial charge >= 0.3 is 5.97 Å². The molecule has 1 N–H and O–H groups in total. The summed E-state index contributed by atoms with van der Waals surface area (Å²) in [5.74, 6) is -0.515. The Balaban J connectivity index is 2.19. The minimum Gasteiger partial charge on any atom is -0.465 e. The van der Waals surface area contributed by atoms with Gasteiger partial charge in [-0.2, -0.15) is 0 Å². The van der Waals surface area contributed by atoms with Crippen LogP contribution in [0, 0.1) is 0 Å². The lowest BCUT2D eigenvalue weighted by Crippen LogP contribution is -2.31. The van der Waals surface area contributed by atoms with E-state index in [1.807, 2.05) is 6.92 Å². The molecule has 6 heteroatoms. The van der Waals surface area contributed by atoms with Crippen molar-refractivity contribution < 1.29 is 14.3 Å². The Labute approximate surface area is 128 Å². The maximum absolute atomic E-state index is 12.2. The van der Waals surface area contributed by atoms with Crippen LogP contribution in [-0.2, 0) is 9.53 Å². The molecule has 1 aliphatic rings. The second kappa shape index (κ2) is 6.49. The Kier molecular flexibility index (Phi) is 4.70. The van der Waals surface area contributed by atoms with E-state index in [9.17, 15) is 9.59 Å². The molecule has 5 nitrogen and oxygen atoms in total. The third kappa shape index (κ3) is 3.28. The Hall–Kier alpha value is -2.21. The van der Waals surface area contributed by atoms with Gasteiger partial charge in [-0.15, -0.1) is 0 Å². The molecule has 1 saturated heterocycles. The van der Waals surface area contributed by atoms with Crippen LogP contribution in [0.5, 0.6) is 0 Å². The molecule has 0 aliphatic carbocycles. The van der Waals surface area contributed by atoms with Gasteiger partial charge in [-0.1, -0.05) is 19.1 Å². The number of esters is 1. The average Bonchev–Trinajstić information content (AvgIpc) is 2.75. The van der Waals surface area contributed by atoms with Crippen molar-refractivity contribution in [3.05, 3.63) is 41.1 Å². The van der Waals surface area contributed by atoms with Crippen molar-refractivity contribution in [2.24, 2.45) is 0 Å². The van der Waals surface area contributed by atoms with Crippen molar-refractivity contribution in [3.63, 3.8) is 0 Å². The number of methoxy groups -OCH3 is 1. The molecule has 0 bridgehead atoms. The number of amides is 1. The lowest BCUT2D eigenvalue weighted by atomic mass is 10.1. The van der Waals surface area contributed by atoms with Gasteiger partial charge in [0.25, 0.3) is 5.91 Å². The van der Waals surface area contributed by atoms with Crippen molar-refractivity contribution >= 4 is 35.3 Å². The van der Waals surface area contributed by atoms with Crippen LogP contribution in [0.25, 0.3) is 6.08 Å². The largest absolute Gasteiger partial charge is 0.465 e. The number of nitrogens with one attached hydrogen (secondary N) is 1. The molecular formula is C15H16N2O3S. The number of ether oxygens (including phenoxy) is 1. The van der Waals surface area contributed by atoms with Gasteiger partial charge in [0.15, 0.2) is 5.11 Å². The highest BCUT2D eigenvalue weighted by Crippen LogP contribution is 2.15. The molecule has 1 heterocycles. The molecule has 0 unspecified atom stereocenters. The zero-order chi connectivity index (χ0) is 15.4. The van der Waals surface area contributed by atoms with Gasteiger partial charge in [-0.25, -0.2) is 4.79 Å². The van der Waals surface area contributed by atoms with Gasteiger partial charge < -0.3 is 10.1 Å². The lowest BCUT2D eigenvalue weighted by molar-refractivity contribution is -0.122. The maximum atomic E-state index is 12.2. The molecule has 1 aliphatic heterocycles. The van der Waals surface area contributed by atoms with Gasteiger partial charge in [-0.05, 0) is 42.4 Å². The Morgan fingerprint density at radius 3 is 2.62 bits per heavy atom. The fraction of sp³-hybridized carbons (Fsp3) is 0.267. The van der Waals surface area contributed by atoms with Crippen LogP contribution in [0.4, 0.5) is 0 Å². The first-order valence-corrected chi connectivity index (χ1v) is 7.00. The normalized spacial score (nSPS) is 16.3. The van der Waals surface area contributed by atoms with Gasteiger partial charge in [0.05, 0.1) is 12.7 Å². The van der Waals surface area contributed by atoms with Crippen LogP contribution in [-0.4, -0.2) is 35.5 Å². The van der Waals surface area contributed by atoms with Gasteiger partial charge in [-0.3, -0.25) is 9.69 Å². The molecule has 1 amide bonds. The third-order valence-corrected chi connectivity index (χ3v) is 3.37. The first-order valence-electron chi connectivity index (χ1n) is 6.59. The molecule has 0 radical (unpaired) electrons. The number of thiocarbonyl (C=S) groups is 1.